The van der Waals surface area contributed by atoms with Crippen LogP contribution in [0, 0.1) is 0 Å². The van der Waals surface area contributed by atoms with Crippen LogP contribution in [0.4, 0.5) is 0 Å². The third kappa shape index (κ3) is 4.82. The quantitative estimate of drug-likeness (QED) is 0.511. The average Bonchev–Trinajstić information content (AvgIpc) is 2.96. The number of nitrogens with one attached hydrogen (secondary N) is 3. The van der Waals surface area contributed by atoms with E-state index < -0.39 is 17.4 Å². The molecule has 0 fully saturated rings. The molecule has 0 aromatic heterocycles. The van der Waals surface area contributed by atoms with Crippen LogP contribution in [0.15, 0.2) is 21.6 Å². The van der Waals surface area contributed by atoms with E-state index in [4.69, 9.17) is 0 Å². The summed E-state index contributed by atoms with van der Waals surface area (Å²) in [5.74, 6) is 0. The Hall–Kier alpha value is 0.0743. The van der Waals surface area contributed by atoms with Gasteiger partial charge in [0.05, 0.1) is 0 Å². The number of rotatable bonds is 11. The number of hydrogen-bond acceptors (Lipinski definition) is 3. The number of allylic oxidation sites excluding steroid dienone is 4. The van der Waals surface area contributed by atoms with Crippen LogP contribution in [0.3, 0.4) is 0 Å². The Labute approximate surface area is 130 Å². The fourth-order valence-electron chi connectivity index (χ4n) is 2.72. The molecule has 0 aromatic carbocycles. The van der Waals surface area contributed by atoms with Gasteiger partial charge in [0.2, 0.25) is 0 Å². The van der Waals surface area contributed by atoms with Crippen LogP contribution in [-0.2, 0) is 17.4 Å². The molecule has 4 heteroatoms. The van der Waals surface area contributed by atoms with Gasteiger partial charge >= 0.3 is 130 Å². The second-order valence-corrected chi connectivity index (χ2v) is 10.4. The molecule has 0 bridgehead atoms. The molecule has 1 aliphatic rings. The van der Waals surface area contributed by atoms with E-state index >= 15 is 0 Å². The van der Waals surface area contributed by atoms with Gasteiger partial charge in [-0.15, -0.1) is 0 Å². The SMILES string of the molecule is CCC[NH][Ti]([NH]CCC)([NH]CCC)[C]1=C(CC)C=CC1. The van der Waals surface area contributed by atoms with E-state index in [0.29, 0.717) is 0 Å². The summed E-state index contributed by atoms with van der Waals surface area (Å²) in [7, 11) is 0. The molecular formula is C16H33N3Ti. The van der Waals surface area contributed by atoms with E-state index in [1.807, 2.05) is 0 Å². The van der Waals surface area contributed by atoms with Crippen molar-refractivity contribution in [2.45, 2.75) is 59.8 Å². The minimum absolute atomic E-state index is 1.11. The molecule has 20 heavy (non-hydrogen) atoms. The number of hydrogen-bond donors (Lipinski definition) is 3. The van der Waals surface area contributed by atoms with E-state index in [0.717, 1.165) is 32.5 Å². The van der Waals surface area contributed by atoms with Gasteiger partial charge in [0, 0.05) is 0 Å². The normalized spacial score (nSPS) is 15.4. The van der Waals surface area contributed by atoms with Crippen LogP contribution in [-0.4, -0.2) is 19.6 Å². The molecule has 0 spiro atoms. The van der Waals surface area contributed by atoms with Crippen LogP contribution >= 0.6 is 0 Å². The first-order valence-corrected chi connectivity index (χ1v) is 11.5. The van der Waals surface area contributed by atoms with Gasteiger partial charge in [0.15, 0.2) is 0 Å². The van der Waals surface area contributed by atoms with Gasteiger partial charge in [-0.2, -0.15) is 0 Å². The Morgan fingerprint density at radius 2 is 1.40 bits per heavy atom. The van der Waals surface area contributed by atoms with E-state index in [-0.39, 0.29) is 0 Å². The van der Waals surface area contributed by atoms with E-state index in [9.17, 15) is 0 Å². The second-order valence-electron chi connectivity index (χ2n) is 5.49. The molecule has 0 heterocycles. The molecule has 0 saturated heterocycles. The summed E-state index contributed by atoms with van der Waals surface area (Å²) in [6, 6.07) is 0. The van der Waals surface area contributed by atoms with Crippen molar-refractivity contribution < 1.29 is 17.4 Å². The van der Waals surface area contributed by atoms with Crippen molar-refractivity contribution in [3.05, 3.63) is 21.6 Å². The molecule has 116 valence electrons. The summed E-state index contributed by atoms with van der Waals surface area (Å²) in [5, 5.41) is 0. The predicted molar refractivity (Wildman–Crippen MR) is 86.0 cm³/mol. The van der Waals surface area contributed by atoms with Crippen molar-refractivity contribution in [3.63, 3.8) is 0 Å². The zero-order valence-corrected chi connectivity index (χ0v) is 15.4. The van der Waals surface area contributed by atoms with Crippen molar-refractivity contribution in [1.82, 2.24) is 11.4 Å². The molecule has 0 aromatic rings. The van der Waals surface area contributed by atoms with Gasteiger partial charge in [-0.05, 0) is 0 Å². The first-order chi connectivity index (χ1) is 9.74. The van der Waals surface area contributed by atoms with Crippen LogP contribution in [0.25, 0.3) is 0 Å². The molecule has 1 aliphatic carbocycles. The maximum atomic E-state index is 3.93. The molecular weight excluding hydrogens is 282 g/mol. The van der Waals surface area contributed by atoms with Crippen LogP contribution in [0.2, 0.25) is 0 Å². The molecule has 0 atom stereocenters. The zero-order chi connectivity index (χ0) is 14.8. The van der Waals surface area contributed by atoms with Crippen LogP contribution in [0.5, 0.6) is 0 Å². The Kier molecular flexibility index (Phi) is 8.98. The van der Waals surface area contributed by atoms with E-state index in [1.54, 1.807) is 9.45 Å². The molecule has 3 nitrogen and oxygen atoms in total. The van der Waals surface area contributed by atoms with Crippen molar-refractivity contribution in [2.75, 3.05) is 19.6 Å². The molecule has 0 aliphatic heterocycles. The summed E-state index contributed by atoms with van der Waals surface area (Å²) >= 11 is -2.54. The first kappa shape index (κ1) is 18.1. The standard InChI is InChI=1S/C7H9.3C3H8N.Ti/c1-2-7-5-3-4-6-7;3*1-2-3-4;/h3,5H,2,4H2,1H3;3*4H,2-3H2,1H3;/q;3*-1;+3. The third-order valence-electron chi connectivity index (χ3n) is 3.78. The summed E-state index contributed by atoms with van der Waals surface area (Å²) < 4.78 is 13.4. The maximum absolute atomic E-state index is 3.93. The van der Waals surface area contributed by atoms with E-state index in [2.05, 4.69) is 51.2 Å². The van der Waals surface area contributed by atoms with Gasteiger partial charge in [-0.25, -0.2) is 0 Å². The van der Waals surface area contributed by atoms with Gasteiger partial charge in [0.1, 0.15) is 0 Å². The van der Waals surface area contributed by atoms with Crippen LogP contribution in [0.1, 0.15) is 59.8 Å². The van der Waals surface area contributed by atoms with Crippen molar-refractivity contribution in [3.8, 4) is 0 Å². The van der Waals surface area contributed by atoms with E-state index in [1.165, 1.54) is 19.3 Å². The van der Waals surface area contributed by atoms with Gasteiger partial charge < -0.3 is 0 Å². The minimum atomic E-state index is -2.54. The Morgan fingerprint density at radius 3 is 1.80 bits per heavy atom. The first-order valence-electron chi connectivity index (χ1n) is 8.38. The molecule has 0 amide bonds. The van der Waals surface area contributed by atoms with Crippen molar-refractivity contribution >= 4 is 0 Å². The van der Waals surface area contributed by atoms with Gasteiger partial charge in [0.25, 0.3) is 0 Å². The van der Waals surface area contributed by atoms with Crippen molar-refractivity contribution in [2.24, 2.45) is 0 Å². The topological polar surface area (TPSA) is 36.1 Å². The average molecular weight is 315 g/mol. The molecule has 1 rings (SSSR count). The predicted octanol–water partition coefficient (Wildman–Crippen LogP) is 3.51. The molecule has 0 saturated carbocycles. The summed E-state index contributed by atoms with van der Waals surface area (Å²) in [5.41, 5.74) is 1.56. The Balaban J connectivity index is 2.99. The molecule has 0 unspecified atom stereocenters. The fraction of sp³-hybridized carbons (Fsp3) is 0.750. The molecule has 3 N–H and O–H groups in total. The summed E-state index contributed by atoms with van der Waals surface area (Å²) in [6.45, 7) is 12.3. The fourth-order valence-corrected chi connectivity index (χ4v) is 9.05. The Bertz CT molecular complexity index is 315. The van der Waals surface area contributed by atoms with Crippen LogP contribution < -0.4 is 11.4 Å². The van der Waals surface area contributed by atoms with Crippen molar-refractivity contribution in [1.29, 1.82) is 0 Å². The summed E-state index contributed by atoms with van der Waals surface area (Å²) in [4.78, 5) is 0. The summed E-state index contributed by atoms with van der Waals surface area (Å²) in [6.07, 6.45) is 10.5. The monoisotopic (exact) mass is 315 g/mol. The Morgan fingerprint density at radius 1 is 0.900 bits per heavy atom. The third-order valence-corrected chi connectivity index (χ3v) is 9.67. The molecule has 0 radical (unpaired) electrons. The van der Waals surface area contributed by atoms with Gasteiger partial charge in [-0.1, -0.05) is 0 Å². The second kappa shape index (κ2) is 9.91. The zero-order valence-electron chi connectivity index (χ0n) is 13.8. The van der Waals surface area contributed by atoms with Gasteiger partial charge in [-0.3, -0.25) is 0 Å².